The molecule has 0 saturated carbocycles. The summed E-state index contributed by atoms with van der Waals surface area (Å²) in [7, 11) is 0. The van der Waals surface area contributed by atoms with Crippen LogP contribution in [0.2, 0.25) is 0 Å². The van der Waals surface area contributed by atoms with Gasteiger partial charge in [0.1, 0.15) is 0 Å². The number of amides is 1. The summed E-state index contributed by atoms with van der Waals surface area (Å²) in [5.74, 6) is 1.21. The highest BCUT2D eigenvalue weighted by Gasteiger charge is 2.35. The fraction of sp³-hybridized carbons (Fsp3) is 0.360. The number of carbonyl (C=O) groups excluding carboxylic acids is 1. The molecule has 6 nitrogen and oxygen atoms in total. The Morgan fingerprint density at radius 2 is 1.91 bits per heavy atom. The molecular weight excluding hydrogens is 452 g/mol. The topological polar surface area (TPSA) is 68.2 Å². The second-order valence-corrected chi connectivity index (χ2v) is 10.0. The van der Waals surface area contributed by atoms with Gasteiger partial charge in [-0.3, -0.25) is 9.69 Å². The maximum absolute atomic E-state index is 13.0. The number of aryl methyl sites for hydroxylation is 2. The molecule has 1 atom stereocenters. The van der Waals surface area contributed by atoms with Crippen LogP contribution in [0, 0.1) is 13.8 Å². The first-order valence-corrected chi connectivity index (χ1v) is 13.2. The Hall–Kier alpha value is -2.58. The van der Waals surface area contributed by atoms with Gasteiger partial charge in [0.2, 0.25) is 23.2 Å². The molecule has 172 valence electrons. The Morgan fingerprint density at radius 3 is 2.58 bits per heavy atom. The molecule has 2 aromatic carbocycles. The quantitative estimate of drug-likeness (QED) is 0.307. The van der Waals surface area contributed by atoms with Crippen molar-refractivity contribution in [2.24, 2.45) is 0 Å². The highest BCUT2D eigenvalue weighted by atomic mass is 32.2. The smallest absolute Gasteiger partial charge is 0.247 e. The van der Waals surface area contributed by atoms with Crippen molar-refractivity contribution in [1.29, 1.82) is 0 Å². The lowest BCUT2D eigenvalue weighted by molar-refractivity contribution is -0.118. The van der Waals surface area contributed by atoms with Crippen molar-refractivity contribution >= 4 is 35.1 Å². The van der Waals surface area contributed by atoms with E-state index < -0.39 is 6.23 Å². The zero-order valence-electron chi connectivity index (χ0n) is 19.6. The SMILES string of the molecule is CCCCSc1nnc2c(n1)O[C@@H](c1ccc(SC)cc1)N(C(C)=O)c1c(C)cc(C)cc1-2. The van der Waals surface area contributed by atoms with Crippen molar-refractivity contribution in [3.63, 3.8) is 0 Å². The first-order valence-electron chi connectivity index (χ1n) is 11.0. The van der Waals surface area contributed by atoms with Gasteiger partial charge in [0.15, 0.2) is 5.69 Å². The lowest BCUT2D eigenvalue weighted by atomic mass is 10.00. The van der Waals surface area contributed by atoms with Crippen LogP contribution < -0.4 is 9.64 Å². The molecule has 8 heteroatoms. The van der Waals surface area contributed by atoms with Crippen LogP contribution in [0.1, 0.15) is 49.6 Å². The van der Waals surface area contributed by atoms with Gasteiger partial charge in [-0.25, -0.2) is 0 Å². The zero-order chi connectivity index (χ0) is 23.5. The van der Waals surface area contributed by atoms with Gasteiger partial charge in [0.25, 0.3) is 0 Å². The monoisotopic (exact) mass is 480 g/mol. The summed E-state index contributed by atoms with van der Waals surface area (Å²) in [6.45, 7) is 7.77. The summed E-state index contributed by atoms with van der Waals surface area (Å²) >= 11 is 3.25. The van der Waals surface area contributed by atoms with Crippen LogP contribution in [0.15, 0.2) is 46.5 Å². The van der Waals surface area contributed by atoms with Crippen LogP contribution in [0.4, 0.5) is 5.69 Å². The normalized spacial score (nSPS) is 14.8. The molecule has 0 saturated heterocycles. The third kappa shape index (κ3) is 4.87. The van der Waals surface area contributed by atoms with Crippen LogP contribution in [0.25, 0.3) is 11.3 Å². The average Bonchev–Trinajstić information content (AvgIpc) is 2.94. The number of hydrogen-bond acceptors (Lipinski definition) is 7. The van der Waals surface area contributed by atoms with Crippen molar-refractivity contribution in [2.45, 2.75) is 56.8 Å². The third-order valence-corrected chi connectivity index (χ3v) is 7.17. The predicted octanol–water partition coefficient (Wildman–Crippen LogP) is 6.21. The van der Waals surface area contributed by atoms with Gasteiger partial charge in [-0.1, -0.05) is 48.9 Å². The maximum atomic E-state index is 13.0. The standard InChI is InChI=1S/C25H28N4O2S2/c1-6-7-12-33-25-26-23-21(27-28-25)20-14-15(2)13-16(3)22(20)29(17(4)30)24(31-23)18-8-10-19(32-5)11-9-18/h8-11,13-14,24H,6-7,12H2,1-5H3/t24-/m0/s1. The second-order valence-electron chi connectivity index (χ2n) is 8.06. The molecule has 1 aliphatic heterocycles. The number of carbonyl (C=O) groups is 1. The first kappa shape index (κ1) is 23.6. The second kappa shape index (κ2) is 10.1. The molecule has 0 unspecified atom stereocenters. The minimum Gasteiger partial charge on any atom is -0.447 e. The number of fused-ring (bicyclic) bond motifs is 3. The summed E-state index contributed by atoms with van der Waals surface area (Å²) in [4.78, 5) is 20.6. The van der Waals surface area contributed by atoms with Gasteiger partial charge in [-0.05, 0) is 50.3 Å². The summed E-state index contributed by atoms with van der Waals surface area (Å²) in [5, 5.41) is 9.49. The van der Waals surface area contributed by atoms with Crippen LogP contribution in [-0.2, 0) is 4.79 Å². The molecule has 3 aromatic rings. The van der Waals surface area contributed by atoms with E-state index >= 15 is 0 Å². The van der Waals surface area contributed by atoms with Gasteiger partial charge >= 0.3 is 0 Å². The number of benzene rings is 2. The number of hydrogen-bond donors (Lipinski definition) is 0. The largest absolute Gasteiger partial charge is 0.447 e. The molecule has 1 aromatic heterocycles. The van der Waals surface area contributed by atoms with E-state index in [1.807, 2.05) is 50.4 Å². The van der Waals surface area contributed by atoms with Crippen LogP contribution >= 0.6 is 23.5 Å². The third-order valence-electron chi connectivity index (χ3n) is 5.50. The van der Waals surface area contributed by atoms with E-state index in [-0.39, 0.29) is 5.91 Å². The lowest BCUT2D eigenvalue weighted by Gasteiger charge is -2.31. The van der Waals surface area contributed by atoms with Crippen molar-refractivity contribution in [1.82, 2.24) is 15.2 Å². The first-order chi connectivity index (χ1) is 15.9. The number of thioether (sulfide) groups is 2. The molecule has 0 radical (unpaired) electrons. The number of anilines is 1. The van der Waals surface area contributed by atoms with E-state index in [0.717, 1.165) is 51.4 Å². The highest BCUT2D eigenvalue weighted by Crippen LogP contribution is 2.45. The summed E-state index contributed by atoms with van der Waals surface area (Å²) in [6.07, 6.45) is 3.56. The van der Waals surface area contributed by atoms with Gasteiger partial charge < -0.3 is 4.74 Å². The molecule has 0 aliphatic carbocycles. The minimum absolute atomic E-state index is 0.111. The van der Waals surface area contributed by atoms with E-state index in [4.69, 9.17) is 9.72 Å². The van der Waals surface area contributed by atoms with Crippen LogP contribution in [0.5, 0.6) is 5.88 Å². The van der Waals surface area contributed by atoms with E-state index in [9.17, 15) is 4.79 Å². The minimum atomic E-state index is -0.662. The van der Waals surface area contributed by atoms with Crippen LogP contribution in [0.3, 0.4) is 0 Å². The van der Waals surface area contributed by atoms with E-state index in [2.05, 4.69) is 23.2 Å². The Morgan fingerprint density at radius 1 is 1.15 bits per heavy atom. The molecule has 33 heavy (non-hydrogen) atoms. The molecule has 1 aliphatic rings. The fourth-order valence-electron chi connectivity index (χ4n) is 3.96. The number of nitrogens with zero attached hydrogens (tertiary/aromatic N) is 4. The van der Waals surface area contributed by atoms with Gasteiger partial charge in [0, 0.05) is 28.7 Å². The van der Waals surface area contributed by atoms with Crippen molar-refractivity contribution in [3.8, 4) is 17.1 Å². The average molecular weight is 481 g/mol. The summed E-state index contributed by atoms with van der Waals surface area (Å²) in [6, 6.07) is 12.2. The lowest BCUT2D eigenvalue weighted by Crippen LogP contribution is -2.36. The van der Waals surface area contributed by atoms with Crippen molar-refractivity contribution in [2.75, 3.05) is 16.9 Å². The van der Waals surface area contributed by atoms with Crippen molar-refractivity contribution in [3.05, 3.63) is 53.1 Å². The Labute approximate surface area is 203 Å². The van der Waals surface area contributed by atoms with E-state index in [0.29, 0.717) is 16.7 Å². The van der Waals surface area contributed by atoms with Gasteiger partial charge in [-0.2, -0.15) is 4.98 Å². The molecular formula is C25H28N4O2S2. The Balaban J connectivity index is 1.90. The van der Waals surface area contributed by atoms with Crippen LogP contribution in [-0.4, -0.2) is 33.1 Å². The van der Waals surface area contributed by atoms with Gasteiger partial charge in [0.05, 0.1) is 5.69 Å². The predicted molar refractivity (Wildman–Crippen MR) is 135 cm³/mol. The maximum Gasteiger partial charge on any atom is 0.247 e. The molecule has 0 fully saturated rings. The Kier molecular flexibility index (Phi) is 7.24. The number of unbranched alkanes of at least 4 members (excludes halogenated alkanes) is 1. The molecule has 4 rings (SSSR count). The van der Waals surface area contributed by atoms with E-state index in [1.54, 1.807) is 35.3 Å². The van der Waals surface area contributed by atoms with Crippen molar-refractivity contribution < 1.29 is 9.53 Å². The number of rotatable bonds is 6. The zero-order valence-corrected chi connectivity index (χ0v) is 21.2. The van der Waals surface area contributed by atoms with Gasteiger partial charge in [-0.15, -0.1) is 22.0 Å². The molecule has 0 spiro atoms. The number of ether oxygens (including phenoxy) is 1. The fourth-order valence-corrected chi connectivity index (χ4v) is 5.23. The molecule has 0 N–H and O–H groups in total. The summed E-state index contributed by atoms with van der Waals surface area (Å²) < 4.78 is 6.49. The highest BCUT2D eigenvalue weighted by molar-refractivity contribution is 7.99. The molecule has 2 heterocycles. The van der Waals surface area contributed by atoms with E-state index in [1.165, 1.54) is 0 Å². The molecule has 0 bridgehead atoms. The summed E-state index contributed by atoms with van der Waals surface area (Å²) in [5.41, 5.74) is 5.09. The molecule has 1 amide bonds. The Bertz CT molecular complexity index is 1170. The number of aromatic nitrogens is 3.